The van der Waals surface area contributed by atoms with E-state index in [9.17, 15) is 8.78 Å². The fraction of sp³-hybridized carbons (Fsp3) is 0.0769. The molecule has 0 spiro atoms. The van der Waals surface area contributed by atoms with Crippen LogP contribution >= 0.6 is 23.4 Å². The number of imidazole rings is 1. The van der Waals surface area contributed by atoms with Crippen molar-refractivity contribution in [2.24, 2.45) is 0 Å². The molecule has 116 valence electrons. The molecule has 4 aromatic rings. The van der Waals surface area contributed by atoms with Gasteiger partial charge in [-0.3, -0.25) is 0 Å². The van der Waals surface area contributed by atoms with E-state index in [1.54, 1.807) is 30.3 Å². The van der Waals surface area contributed by atoms with Gasteiger partial charge in [0.25, 0.3) is 6.43 Å². The van der Waals surface area contributed by atoms with Crippen molar-refractivity contribution in [3.05, 3.63) is 41.2 Å². The van der Waals surface area contributed by atoms with Gasteiger partial charge in [-0.25, -0.2) is 13.8 Å². The van der Waals surface area contributed by atoms with Crippen LogP contribution in [0.1, 0.15) is 12.2 Å². The molecule has 0 aliphatic carbocycles. The molecule has 0 bridgehead atoms. The van der Waals surface area contributed by atoms with Crippen molar-refractivity contribution in [1.29, 1.82) is 0 Å². The summed E-state index contributed by atoms with van der Waals surface area (Å²) in [6, 6.07) is 8.55. The summed E-state index contributed by atoms with van der Waals surface area (Å²) in [5.41, 5.74) is 1.82. The minimum atomic E-state index is -2.74. The first-order valence-corrected chi connectivity index (χ1v) is 7.63. The normalized spacial score (nSPS) is 11.8. The summed E-state index contributed by atoms with van der Waals surface area (Å²) >= 11 is 7.15. The Balaban J connectivity index is 1.71. The molecule has 1 N–H and O–H groups in total. The lowest BCUT2D eigenvalue weighted by Gasteiger charge is -2.00. The van der Waals surface area contributed by atoms with Gasteiger partial charge < -0.3 is 4.98 Å². The van der Waals surface area contributed by atoms with Gasteiger partial charge in [0.2, 0.25) is 5.82 Å². The molecule has 0 unspecified atom stereocenters. The van der Waals surface area contributed by atoms with E-state index in [2.05, 4.69) is 25.3 Å². The van der Waals surface area contributed by atoms with E-state index < -0.39 is 12.2 Å². The molecule has 10 heteroatoms. The molecule has 0 saturated carbocycles. The van der Waals surface area contributed by atoms with Gasteiger partial charge in [0.05, 0.1) is 11.0 Å². The van der Waals surface area contributed by atoms with E-state index in [1.807, 2.05) is 0 Å². The van der Waals surface area contributed by atoms with Gasteiger partial charge >= 0.3 is 0 Å². The van der Waals surface area contributed by atoms with Gasteiger partial charge in [-0.2, -0.15) is 9.61 Å². The first-order valence-electron chi connectivity index (χ1n) is 6.44. The zero-order valence-corrected chi connectivity index (χ0v) is 12.8. The van der Waals surface area contributed by atoms with Crippen molar-refractivity contribution < 1.29 is 8.78 Å². The second-order valence-corrected chi connectivity index (χ2v) is 6.05. The van der Waals surface area contributed by atoms with Crippen LogP contribution in [0.15, 0.2) is 40.5 Å². The Kier molecular flexibility index (Phi) is 3.38. The highest BCUT2D eigenvalue weighted by atomic mass is 35.5. The third-order valence-electron chi connectivity index (χ3n) is 3.08. The molecule has 3 heterocycles. The number of fused-ring (bicyclic) bond motifs is 2. The number of aromatic nitrogens is 6. The summed E-state index contributed by atoms with van der Waals surface area (Å²) in [6.07, 6.45) is -2.74. The summed E-state index contributed by atoms with van der Waals surface area (Å²) < 4.78 is 26.8. The van der Waals surface area contributed by atoms with Crippen LogP contribution in [-0.2, 0) is 0 Å². The zero-order valence-electron chi connectivity index (χ0n) is 11.2. The molecular formula is C13H7ClF2N6S. The predicted octanol–water partition coefficient (Wildman–Crippen LogP) is 3.74. The topological polar surface area (TPSA) is 71.8 Å². The number of hydrogen-bond donors (Lipinski definition) is 1. The monoisotopic (exact) mass is 352 g/mol. The van der Waals surface area contributed by atoms with Crippen LogP contribution in [0.25, 0.3) is 16.7 Å². The number of halogens is 3. The second kappa shape index (κ2) is 5.43. The maximum Gasteiger partial charge on any atom is 0.299 e. The lowest BCUT2D eigenvalue weighted by Crippen LogP contribution is -2.00. The van der Waals surface area contributed by atoms with Crippen LogP contribution in [0.2, 0.25) is 5.02 Å². The van der Waals surface area contributed by atoms with Crippen molar-refractivity contribution in [3.63, 3.8) is 0 Å². The number of hydrogen-bond acceptors (Lipinski definition) is 5. The number of H-pyrrole nitrogens is 1. The quantitative estimate of drug-likeness (QED) is 0.608. The molecular weight excluding hydrogens is 346 g/mol. The van der Waals surface area contributed by atoms with E-state index in [0.717, 1.165) is 15.5 Å². The van der Waals surface area contributed by atoms with Crippen molar-refractivity contribution in [2.45, 2.75) is 16.6 Å². The van der Waals surface area contributed by atoms with E-state index in [-0.39, 0.29) is 5.65 Å². The number of rotatable bonds is 3. The molecule has 0 atom stereocenters. The molecule has 0 saturated heterocycles. The van der Waals surface area contributed by atoms with Crippen LogP contribution < -0.4 is 0 Å². The van der Waals surface area contributed by atoms with Crippen LogP contribution in [0.4, 0.5) is 8.78 Å². The minimum Gasteiger partial charge on any atom is -0.333 e. The Bertz CT molecular complexity index is 1010. The van der Waals surface area contributed by atoms with E-state index in [0.29, 0.717) is 15.2 Å². The zero-order chi connectivity index (χ0) is 16.0. The van der Waals surface area contributed by atoms with E-state index in [1.165, 1.54) is 11.8 Å². The summed E-state index contributed by atoms with van der Waals surface area (Å²) in [6.45, 7) is 0. The maximum absolute atomic E-state index is 12.9. The standard InChI is InChI=1S/C13H7ClF2N6S/c14-6-1-2-7-8(5-6)18-13(17-7)23-10-4-3-9-19-20-12(11(15)16)22(9)21-10/h1-5,11H,(H,17,18). The fourth-order valence-electron chi connectivity index (χ4n) is 2.08. The highest BCUT2D eigenvalue weighted by molar-refractivity contribution is 7.99. The van der Waals surface area contributed by atoms with Crippen molar-refractivity contribution in [3.8, 4) is 0 Å². The summed E-state index contributed by atoms with van der Waals surface area (Å²) in [5, 5.41) is 12.9. The number of benzene rings is 1. The van der Waals surface area contributed by atoms with E-state index >= 15 is 0 Å². The van der Waals surface area contributed by atoms with Crippen molar-refractivity contribution in [1.82, 2.24) is 29.8 Å². The second-order valence-electron chi connectivity index (χ2n) is 4.61. The van der Waals surface area contributed by atoms with Crippen molar-refractivity contribution in [2.75, 3.05) is 0 Å². The Hall–Kier alpha value is -2.26. The smallest absolute Gasteiger partial charge is 0.299 e. The van der Waals surface area contributed by atoms with Gasteiger partial charge in [0, 0.05) is 5.02 Å². The largest absolute Gasteiger partial charge is 0.333 e. The molecule has 3 aromatic heterocycles. The summed E-state index contributed by atoms with van der Waals surface area (Å²) in [4.78, 5) is 7.50. The Morgan fingerprint density at radius 2 is 2.04 bits per heavy atom. The first-order chi connectivity index (χ1) is 11.1. The van der Waals surface area contributed by atoms with Gasteiger partial charge in [-0.05, 0) is 42.1 Å². The third kappa shape index (κ3) is 2.62. The van der Waals surface area contributed by atoms with Gasteiger partial charge in [-0.1, -0.05) is 11.6 Å². The Labute approximate surface area is 136 Å². The molecule has 4 rings (SSSR count). The molecule has 0 fully saturated rings. The van der Waals surface area contributed by atoms with Gasteiger partial charge in [0.1, 0.15) is 5.03 Å². The third-order valence-corrected chi connectivity index (χ3v) is 4.13. The molecule has 0 radical (unpaired) electrons. The molecule has 6 nitrogen and oxygen atoms in total. The average Bonchev–Trinajstić information content (AvgIpc) is 3.09. The lowest BCUT2D eigenvalue weighted by molar-refractivity contribution is 0.137. The van der Waals surface area contributed by atoms with Crippen LogP contribution in [-0.4, -0.2) is 29.8 Å². The molecule has 0 amide bonds. The molecule has 1 aromatic carbocycles. The highest BCUT2D eigenvalue weighted by Gasteiger charge is 2.17. The van der Waals surface area contributed by atoms with Crippen LogP contribution in [0.3, 0.4) is 0 Å². The minimum absolute atomic E-state index is 0.265. The number of nitrogens with one attached hydrogen (secondary N) is 1. The van der Waals surface area contributed by atoms with Gasteiger partial charge in [0.15, 0.2) is 10.8 Å². The predicted molar refractivity (Wildman–Crippen MR) is 81.0 cm³/mol. The molecule has 0 aliphatic rings. The summed E-state index contributed by atoms with van der Waals surface area (Å²) in [7, 11) is 0. The van der Waals surface area contributed by atoms with Crippen LogP contribution in [0, 0.1) is 0 Å². The number of nitrogens with zero attached hydrogens (tertiary/aromatic N) is 5. The molecule has 0 aliphatic heterocycles. The van der Waals surface area contributed by atoms with E-state index in [4.69, 9.17) is 11.6 Å². The highest BCUT2D eigenvalue weighted by Crippen LogP contribution is 2.27. The first kappa shape index (κ1) is 14.3. The number of aromatic amines is 1. The summed E-state index contributed by atoms with van der Waals surface area (Å²) in [5.74, 6) is -0.487. The lowest BCUT2D eigenvalue weighted by atomic mass is 10.3. The molecule has 23 heavy (non-hydrogen) atoms. The van der Waals surface area contributed by atoms with Crippen LogP contribution in [0.5, 0.6) is 0 Å². The Morgan fingerprint density at radius 1 is 1.17 bits per heavy atom. The number of alkyl halides is 2. The average molecular weight is 353 g/mol. The fourth-order valence-corrected chi connectivity index (χ4v) is 3.02. The van der Waals surface area contributed by atoms with Gasteiger partial charge in [-0.15, -0.1) is 10.2 Å². The Morgan fingerprint density at radius 3 is 2.87 bits per heavy atom. The SMILES string of the molecule is FC(F)c1nnc2ccc(Sc3nc4ccc(Cl)cc4[nH]3)nn12. The maximum atomic E-state index is 12.9. The van der Waals surface area contributed by atoms with Crippen molar-refractivity contribution >= 4 is 40.0 Å².